The molecule has 1 amide bonds. The molecule has 0 aliphatic rings. The summed E-state index contributed by atoms with van der Waals surface area (Å²) in [5.41, 5.74) is 1.14. The van der Waals surface area contributed by atoms with Crippen molar-refractivity contribution in [3.05, 3.63) is 65.7 Å². The molecule has 0 saturated carbocycles. The van der Waals surface area contributed by atoms with Gasteiger partial charge < -0.3 is 15.2 Å². The molecule has 2 N–H and O–H groups in total. The molecule has 0 saturated heterocycles. The zero-order valence-electron chi connectivity index (χ0n) is 14.3. The maximum Gasteiger partial charge on any atom is 0.224 e. The molecule has 0 bridgehead atoms. The minimum absolute atomic E-state index is 0.108. The van der Waals surface area contributed by atoms with Crippen LogP contribution in [-0.2, 0) is 17.6 Å². The fourth-order valence-electron chi connectivity index (χ4n) is 2.47. The first kappa shape index (κ1) is 18.0. The molecule has 0 fully saturated rings. The minimum atomic E-state index is -0.931. The van der Waals surface area contributed by atoms with Crippen LogP contribution < -0.4 is 10.1 Å². The van der Waals surface area contributed by atoms with Gasteiger partial charge in [-0.3, -0.25) is 4.79 Å². The molecule has 0 aliphatic heterocycles. The number of ether oxygens (including phenoxy) is 1. The van der Waals surface area contributed by atoms with E-state index < -0.39 is 5.60 Å². The Morgan fingerprint density at radius 3 is 2.54 bits per heavy atom. The van der Waals surface area contributed by atoms with Gasteiger partial charge in [0.2, 0.25) is 5.91 Å². The number of carbonyl (C=O) groups excluding carboxylic acids is 1. The summed E-state index contributed by atoms with van der Waals surface area (Å²) in [7, 11) is 1.60. The first-order chi connectivity index (χ1) is 11.5. The van der Waals surface area contributed by atoms with E-state index in [2.05, 4.69) is 5.32 Å². The van der Waals surface area contributed by atoms with E-state index in [9.17, 15) is 9.90 Å². The molecule has 0 spiro atoms. The number of hydrogen-bond donors (Lipinski definition) is 2. The van der Waals surface area contributed by atoms with Gasteiger partial charge in [-0.2, -0.15) is 0 Å². The van der Waals surface area contributed by atoms with Crippen molar-refractivity contribution in [2.45, 2.75) is 31.8 Å². The van der Waals surface area contributed by atoms with Crippen LogP contribution in [0.1, 0.15) is 24.5 Å². The maximum atomic E-state index is 12.1. The van der Waals surface area contributed by atoms with Crippen molar-refractivity contribution < 1.29 is 14.6 Å². The van der Waals surface area contributed by atoms with Crippen LogP contribution in [0.15, 0.2) is 54.6 Å². The zero-order chi connectivity index (χ0) is 17.4. The smallest absolute Gasteiger partial charge is 0.224 e. The van der Waals surface area contributed by atoms with E-state index in [1.54, 1.807) is 14.0 Å². The number of amides is 1. The molecule has 128 valence electrons. The van der Waals surface area contributed by atoms with E-state index in [1.807, 2.05) is 54.6 Å². The topological polar surface area (TPSA) is 58.6 Å². The second-order valence-electron chi connectivity index (χ2n) is 6.29. The highest BCUT2D eigenvalue weighted by atomic mass is 16.5. The number of hydrogen-bond acceptors (Lipinski definition) is 3. The van der Waals surface area contributed by atoms with Gasteiger partial charge in [-0.1, -0.05) is 42.5 Å². The van der Waals surface area contributed by atoms with Crippen LogP contribution in [0.2, 0.25) is 0 Å². The number of aliphatic hydroxyl groups is 1. The van der Waals surface area contributed by atoms with Gasteiger partial charge in [0.1, 0.15) is 5.75 Å². The van der Waals surface area contributed by atoms with E-state index in [4.69, 9.17) is 4.74 Å². The second kappa shape index (κ2) is 8.50. The summed E-state index contributed by atoms with van der Waals surface area (Å²) in [6, 6.07) is 17.4. The predicted molar refractivity (Wildman–Crippen MR) is 95.1 cm³/mol. The Balaban J connectivity index is 1.79. The lowest BCUT2D eigenvalue weighted by Crippen LogP contribution is -2.41. The summed E-state index contributed by atoms with van der Waals surface area (Å²) in [5, 5.41) is 13.3. The van der Waals surface area contributed by atoms with E-state index in [-0.39, 0.29) is 18.9 Å². The minimum Gasteiger partial charge on any atom is -0.497 e. The Hall–Kier alpha value is -2.33. The number of carbonyl (C=O) groups is 1. The normalized spacial score (nSPS) is 13.1. The van der Waals surface area contributed by atoms with E-state index in [0.717, 1.165) is 17.7 Å². The number of rotatable bonds is 8. The lowest BCUT2D eigenvalue weighted by Gasteiger charge is -2.23. The van der Waals surface area contributed by atoms with Crippen molar-refractivity contribution in [2.24, 2.45) is 0 Å². The Morgan fingerprint density at radius 2 is 1.83 bits per heavy atom. The van der Waals surface area contributed by atoms with Crippen LogP contribution >= 0.6 is 0 Å². The van der Waals surface area contributed by atoms with Crippen LogP contribution in [0, 0.1) is 0 Å². The first-order valence-corrected chi connectivity index (χ1v) is 8.14. The monoisotopic (exact) mass is 327 g/mol. The van der Waals surface area contributed by atoms with Crippen LogP contribution in [0.25, 0.3) is 0 Å². The summed E-state index contributed by atoms with van der Waals surface area (Å²) >= 11 is 0. The maximum absolute atomic E-state index is 12.1. The highest BCUT2D eigenvalue weighted by molar-refractivity contribution is 5.78. The molecule has 2 aromatic carbocycles. The second-order valence-corrected chi connectivity index (χ2v) is 6.29. The number of aryl methyl sites for hydroxylation is 1. The van der Waals surface area contributed by atoms with Gasteiger partial charge in [0.25, 0.3) is 0 Å². The molecule has 4 heteroatoms. The summed E-state index contributed by atoms with van der Waals surface area (Å²) in [5.74, 6) is 0.624. The highest BCUT2D eigenvalue weighted by Crippen LogP contribution is 2.15. The highest BCUT2D eigenvalue weighted by Gasteiger charge is 2.21. The van der Waals surface area contributed by atoms with Crippen molar-refractivity contribution in [3.63, 3.8) is 0 Å². The van der Waals surface area contributed by atoms with Crippen molar-refractivity contribution >= 4 is 5.91 Å². The average molecular weight is 327 g/mol. The van der Waals surface area contributed by atoms with E-state index >= 15 is 0 Å². The van der Waals surface area contributed by atoms with Crippen LogP contribution in [0.5, 0.6) is 5.75 Å². The van der Waals surface area contributed by atoms with Crippen LogP contribution in [0.3, 0.4) is 0 Å². The van der Waals surface area contributed by atoms with Gasteiger partial charge in [0, 0.05) is 6.54 Å². The molecule has 0 aromatic heterocycles. The molecule has 0 aliphatic carbocycles. The van der Waals surface area contributed by atoms with Gasteiger partial charge in [-0.05, 0) is 43.0 Å². The molecule has 2 aromatic rings. The van der Waals surface area contributed by atoms with Gasteiger partial charge in [0.15, 0.2) is 0 Å². The van der Waals surface area contributed by atoms with Crippen molar-refractivity contribution in [2.75, 3.05) is 13.7 Å². The Kier molecular flexibility index (Phi) is 6.38. The Morgan fingerprint density at radius 1 is 1.12 bits per heavy atom. The quantitative estimate of drug-likeness (QED) is 0.784. The fraction of sp³-hybridized carbons (Fsp3) is 0.350. The van der Waals surface area contributed by atoms with Crippen LogP contribution in [0.4, 0.5) is 0 Å². The summed E-state index contributed by atoms with van der Waals surface area (Å²) in [6.45, 7) is 1.99. The summed E-state index contributed by atoms with van der Waals surface area (Å²) < 4.78 is 5.15. The fourth-order valence-corrected chi connectivity index (χ4v) is 2.47. The average Bonchev–Trinajstić information content (AvgIpc) is 2.60. The van der Waals surface area contributed by atoms with Crippen molar-refractivity contribution in [1.82, 2.24) is 5.32 Å². The molecule has 0 radical (unpaired) electrons. The molecule has 1 atom stereocenters. The molecular formula is C20H25NO3. The third kappa shape index (κ3) is 6.05. The first-order valence-electron chi connectivity index (χ1n) is 8.14. The standard InChI is InChI=1S/C20H25NO3/c1-20(23,12-11-16-7-4-3-5-8-16)15-21-19(22)14-17-9-6-10-18(13-17)24-2/h3-10,13,23H,11-12,14-15H2,1-2H3,(H,21,22). The van der Waals surface area contributed by atoms with Gasteiger partial charge in [-0.15, -0.1) is 0 Å². The largest absolute Gasteiger partial charge is 0.497 e. The number of methoxy groups -OCH3 is 1. The van der Waals surface area contributed by atoms with Crippen LogP contribution in [-0.4, -0.2) is 30.3 Å². The zero-order valence-corrected chi connectivity index (χ0v) is 14.3. The van der Waals surface area contributed by atoms with Gasteiger partial charge in [-0.25, -0.2) is 0 Å². The van der Waals surface area contributed by atoms with Gasteiger partial charge in [0.05, 0.1) is 19.1 Å². The Labute approximate surface area is 143 Å². The van der Waals surface area contributed by atoms with Crippen molar-refractivity contribution in [3.8, 4) is 5.75 Å². The van der Waals surface area contributed by atoms with Gasteiger partial charge >= 0.3 is 0 Å². The molecule has 4 nitrogen and oxygen atoms in total. The predicted octanol–water partition coefficient (Wildman–Crippen LogP) is 2.74. The molecule has 2 rings (SSSR count). The SMILES string of the molecule is COc1cccc(CC(=O)NCC(C)(O)CCc2ccccc2)c1. The summed E-state index contributed by atoms with van der Waals surface area (Å²) in [4.78, 5) is 12.1. The lowest BCUT2D eigenvalue weighted by atomic mass is 9.96. The summed E-state index contributed by atoms with van der Waals surface area (Å²) in [6.07, 6.45) is 1.64. The number of nitrogens with one attached hydrogen (secondary N) is 1. The van der Waals surface area contributed by atoms with E-state index in [1.165, 1.54) is 5.56 Å². The molecule has 0 heterocycles. The Bertz CT molecular complexity index is 653. The number of benzene rings is 2. The molecule has 1 unspecified atom stereocenters. The molecular weight excluding hydrogens is 302 g/mol. The third-order valence-corrected chi connectivity index (χ3v) is 3.96. The van der Waals surface area contributed by atoms with Crippen molar-refractivity contribution in [1.29, 1.82) is 0 Å². The van der Waals surface area contributed by atoms with E-state index in [0.29, 0.717) is 6.42 Å². The molecule has 24 heavy (non-hydrogen) atoms. The lowest BCUT2D eigenvalue weighted by molar-refractivity contribution is -0.121. The third-order valence-electron chi connectivity index (χ3n) is 3.96.